The molecule has 0 fully saturated rings. The fourth-order valence-corrected chi connectivity index (χ4v) is 0.799. The molecule has 0 spiro atoms. The average Bonchev–Trinajstić information content (AvgIpc) is 2.11. The van der Waals surface area contributed by atoms with E-state index >= 15 is 0 Å². The molecule has 0 aromatic carbocycles. The number of rotatable bonds is 4. The Labute approximate surface area is 95.0 Å². The van der Waals surface area contributed by atoms with Gasteiger partial charge in [0.15, 0.2) is 6.04 Å². The highest BCUT2D eigenvalue weighted by Gasteiger charge is 2.24. The number of aliphatic hydroxyl groups excluding tert-OH is 1. The number of carboxylic acid groups (broad SMARTS) is 1. The molecule has 2 atom stereocenters. The Kier molecular flexibility index (Phi) is 5.23. The molecule has 0 aliphatic rings. The number of carboxylic acids is 1. The van der Waals surface area contributed by atoms with Gasteiger partial charge in [-0.25, -0.2) is 9.59 Å². The van der Waals surface area contributed by atoms with Gasteiger partial charge in [0.2, 0.25) is 0 Å². The number of urea groups is 1. The molecule has 2 amide bonds. The van der Waals surface area contributed by atoms with Crippen LogP contribution in [0.15, 0.2) is 0 Å². The molecule has 0 aromatic heterocycles. The summed E-state index contributed by atoms with van der Waals surface area (Å²) in [4.78, 5) is 21.9. The molecule has 0 aliphatic heterocycles. The average molecular weight is 232 g/mol. The second-order valence-corrected chi connectivity index (χ2v) is 4.78. The van der Waals surface area contributed by atoms with Gasteiger partial charge in [0, 0.05) is 6.04 Å². The van der Waals surface area contributed by atoms with Gasteiger partial charge in [0.1, 0.15) is 0 Å². The number of aliphatic hydroxyl groups is 1. The minimum atomic E-state index is -1.27. The SMILES string of the molecule is CC(NC(=O)N[C@H](CO)C(=O)O)C(C)(C)C. The van der Waals surface area contributed by atoms with E-state index in [0.717, 1.165) is 0 Å². The molecule has 0 heterocycles. The summed E-state index contributed by atoms with van der Waals surface area (Å²) in [5.41, 5.74) is -0.116. The van der Waals surface area contributed by atoms with Crippen LogP contribution in [-0.4, -0.2) is 40.9 Å². The van der Waals surface area contributed by atoms with Crippen molar-refractivity contribution in [1.82, 2.24) is 10.6 Å². The second-order valence-electron chi connectivity index (χ2n) is 4.78. The molecule has 0 aliphatic carbocycles. The largest absolute Gasteiger partial charge is 0.480 e. The highest BCUT2D eigenvalue weighted by Crippen LogP contribution is 2.18. The van der Waals surface area contributed by atoms with E-state index in [9.17, 15) is 9.59 Å². The van der Waals surface area contributed by atoms with E-state index in [1.54, 1.807) is 0 Å². The van der Waals surface area contributed by atoms with Crippen molar-refractivity contribution in [2.45, 2.75) is 39.8 Å². The molecule has 0 saturated carbocycles. The van der Waals surface area contributed by atoms with Gasteiger partial charge in [0.25, 0.3) is 0 Å². The van der Waals surface area contributed by atoms with Crippen molar-refractivity contribution in [1.29, 1.82) is 0 Å². The lowest BCUT2D eigenvalue weighted by Gasteiger charge is -2.28. The van der Waals surface area contributed by atoms with E-state index in [-0.39, 0.29) is 11.5 Å². The molecule has 1 unspecified atom stereocenters. The minimum absolute atomic E-state index is 0.111. The number of aliphatic carboxylic acids is 1. The highest BCUT2D eigenvalue weighted by atomic mass is 16.4. The van der Waals surface area contributed by atoms with Gasteiger partial charge in [-0.15, -0.1) is 0 Å². The van der Waals surface area contributed by atoms with Crippen LogP contribution in [-0.2, 0) is 4.79 Å². The van der Waals surface area contributed by atoms with E-state index in [1.165, 1.54) is 0 Å². The first kappa shape index (κ1) is 14.7. The van der Waals surface area contributed by atoms with Gasteiger partial charge in [0.05, 0.1) is 6.61 Å². The maximum atomic E-state index is 11.4. The number of hydrogen-bond acceptors (Lipinski definition) is 3. The number of hydrogen-bond donors (Lipinski definition) is 4. The third kappa shape index (κ3) is 4.97. The fourth-order valence-electron chi connectivity index (χ4n) is 0.799. The topological polar surface area (TPSA) is 98.7 Å². The van der Waals surface area contributed by atoms with E-state index in [0.29, 0.717) is 0 Å². The molecular weight excluding hydrogens is 212 g/mol. The van der Waals surface area contributed by atoms with Crippen molar-refractivity contribution in [3.8, 4) is 0 Å². The standard InChI is InChI=1S/C10H20N2O4/c1-6(10(2,3)4)11-9(16)12-7(5-13)8(14)15/h6-7,13H,5H2,1-4H3,(H,14,15)(H2,11,12,16)/t6?,7-/m1/s1. The number of amides is 2. The summed E-state index contributed by atoms with van der Waals surface area (Å²) < 4.78 is 0. The van der Waals surface area contributed by atoms with Crippen LogP contribution in [0, 0.1) is 5.41 Å². The van der Waals surface area contributed by atoms with Crippen LogP contribution >= 0.6 is 0 Å². The summed E-state index contributed by atoms with van der Waals surface area (Å²) in [6, 6.07) is -1.98. The zero-order valence-corrected chi connectivity index (χ0v) is 10.1. The predicted octanol–water partition coefficient (Wildman–Crippen LogP) is 0.166. The van der Waals surface area contributed by atoms with Gasteiger partial charge in [-0.05, 0) is 12.3 Å². The van der Waals surface area contributed by atoms with Gasteiger partial charge in [-0.3, -0.25) is 0 Å². The Hall–Kier alpha value is -1.30. The first-order chi connectivity index (χ1) is 7.18. The van der Waals surface area contributed by atoms with E-state index in [1.807, 2.05) is 27.7 Å². The molecule has 6 nitrogen and oxygen atoms in total. The molecule has 0 saturated heterocycles. The molecule has 0 radical (unpaired) electrons. The lowest BCUT2D eigenvalue weighted by atomic mass is 9.88. The fraction of sp³-hybridized carbons (Fsp3) is 0.800. The smallest absolute Gasteiger partial charge is 0.328 e. The first-order valence-electron chi connectivity index (χ1n) is 5.09. The van der Waals surface area contributed by atoms with Crippen LogP contribution in [0.1, 0.15) is 27.7 Å². The van der Waals surface area contributed by atoms with Crippen molar-refractivity contribution in [3.63, 3.8) is 0 Å². The summed E-state index contributed by atoms with van der Waals surface area (Å²) in [5.74, 6) is -1.26. The monoisotopic (exact) mass is 232 g/mol. The van der Waals surface area contributed by atoms with E-state index < -0.39 is 24.6 Å². The quantitative estimate of drug-likeness (QED) is 0.555. The van der Waals surface area contributed by atoms with Crippen LogP contribution in [0.4, 0.5) is 4.79 Å². The third-order valence-corrected chi connectivity index (χ3v) is 2.43. The Balaban J connectivity index is 4.23. The second kappa shape index (κ2) is 5.69. The van der Waals surface area contributed by atoms with Gasteiger partial charge >= 0.3 is 12.0 Å². The van der Waals surface area contributed by atoms with Crippen molar-refractivity contribution in [2.75, 3.05) is 6.61 Å². The van der Waals surface area contributed by atoms with Gasteiger partial charge < -0.3 is 20.8 Å². The van der Waals surface area contributed by atoms with E-state index in [4.69, 9.17) is 10.2 Å². The summed E-state index contributed by atoms with van der Waals surface area (Å²) in [6.45, 7) is 7.07. The van der Waals surface area contributed by atoms with Crippen LogP contribution in [0.5, 0.6) is 0 Å². The minimum Gasteiger partial charge on any atom is -0.480 e. The van der Waals surface area contributed by atoms with Crippen LogP contribution in [0.2, 0.25) is 0 Å². The molecule has 0 rings (SSSR count). The maximum Gasteiger partial charge on any atom is 0.328 e. The number of nitrogens with one attached hydrogen (secondary N) is 2. The molecule has 0 bridgehead atoms. The Morgan fingerprint density at radius 2 is 1.75 bits per heavy atom. The zero-order valence-electron chi connectivity index (χ0n) is 10.1. The lowest BCUT2D eigenvalue weighted by Crippen LogP contribution is -2.52. The van der Waals surface area contributed by atoms with Crippen molar-refractivity contribution >= 4 is 12.0 Å². The predicted molar refractivity (Wildman–Crippen MR) is 59.1 cm³/mol. The molecule has 0 aromatic rings. The summed E-state index contributed by atoms with van der Waals surface area (Å²) in [6.07, 6.45) is 0. The molecule has 4 N–H and O–H groups in total. The molecular formula is C10H20N2O4. The van der Waals surface area contributed by atoms with E-state index in [2.05, 4.69) is 10.6 Å². The van der Waals surface area contributed by atoms with Crippen molar-refractivity contribution in [2.24, 2.45) is 5.41 Å². The van der Waals surface area contributed by atoms with Crippen molar-refractivity contribution < 1.29 is 19.8 Å². The Morgan fingerprint density at radius 3 is 2.06 bits per heavy atom. The van der Waals surface area contributed by atoms with Gasteiger partial charge in [-0.1, -0.05) is 20.8 Å². The molecule has 16 heavy (non-hydrogen) atoms. The number of carbonyl (C=O) groups is 2. The molecule has 94 valence electrons. The third-order valence-electron chi connectivity index (χ3n) is 2.43. The first-order valence-corrected chi connectivity index (χ1v) is 5.09. The van der Waals surface area contributed by atoms with Crippen LogP contribution in [0.25, 0.3) is 0 Å². The Morgan fingerprint density at radius 1 is 1.25 bits per heavy atom. The summed E-state index contributed by atoms with van der Waals surface area (Å²) in [7, 11) is 0. The summed E-state index contributed by atoms with van der Waals surface area (Å²) in [5, 5.41) is 22.1. The molecule has 6 heteroatoms. The lowest BCUT2D eigenvalue weighted by molar-refractivity contribution is -0.140. The van der Waals surface area contributed by atoms with Crippen LogP contribution < -0.4 is 10.6 Å². The van der Waals surface area contributed by atoms with Crippen LogP contribution in [0.3, 0.4) is 0 Å². The highest BCUT2D eigenvalue weighted by molar-refractivity contribution is 5.82. The zero-order chi connectivity index (χ0) is 12.9. The maximum absolute atomic E-state index is 11.4. The van der Waals surface area contributed by atoms with Gasteiger partial charge in [-0.2, -0.15) is 0 Å². The Bertz CT molecular complexity index is 260. The van der Waals surface area contributed by atoms with Crippen molar-refractivity contribution in [3.05, 3.63) is 0 Å². The normalized spacial score (nSPS) is 15.1. The summed E-state index contributed by atoms with van der Waals surface area (Å²) >= 11 is 0. The number of carbonyl (C=O) groups excluding carboxylic acids is 1.